The summed E-state index contributed by atoms with van der Waals surface area (Å²) >= 11 is 5.02. The highest BCUT2D eigenvalue weighted by molar-refractivity contribution is 7.71. The predicted octanol–water partition coefficient (Wildman–Crippen LogP) is 6.37. The quantitative estimate of drug-likeness (QED) is 0.340. The van der Waals surface area contributed by atoms with Crippen molar-refractivity contribution in [2.45, 2.75) is 25.3 Å². The number of aromatic nitrogens is 1. The second kappa shape index (κ2) is 8.28. The van der Waals surface area contributed by atoms with Crippen molar-refractivity contribution >= 4 is 40.6 Å². The third kappa shape index (κ3) is 4.06. The first kappa shape index (κ1) is 20.5. The van der Waals surface area contributed by atoms with Crippen LogP contribution in [0.3, 0.4) is 0 Å². The lowest BCUT2D eigenvalue weighted by molar-refractivity contribution is 0.102. The van der Waals surface area contributed by atoms with Gasteiger partial charge in [0.2, 0.25) is 0 Å². The Morgan fingerprint density at radius 2 is 1.94 bits per heavy atom. The molecule has 2 N–H and O–H groups in total. The van der Waals surface area contributed by atoms with Crippen LogP contribution in [0.2, 0.25) is 0 Å². The molecule has 0 radical (unpaired) electrons. The number of hydrogen-bond donors (Lipinski definition) is 2. The Kier molecular flexibility index (Phi) is 5.31. The van der Waals surface area contributed by atoms with E-state index in [9.17, 15) is 4.79 Å². The molecule has 4 aromatic rings. The standard InChI is InChI=1S/C26H25N3O2S/c1-16(17-7-4-3-5-8-17)21-15-23(21)29(2)20-10-6-9-18(13-20)25(30)27-19-11-12-22-24(14-19)31-26(32)28-22/h3-14,16,21,23H,15H2,1-2H3,(H,27,30)(H,28,32). The average Bonchev–Trinajstić information content (AvgIpc) is 3.53. The molecule has 3 atom stereocenters. The molecule has 5 rings (SSSR count). The van der Waals surface area contributed by atoms with Crippen molar-refractivity contribution in [3.63, 3.8) is 0 Å². The minimum absolute atomic E-state index is 0.154. The molecule has 0 aliphatic heterocycles. The van der Waals surface area contributed by atoms with Crippen molar-refractivity contribution in [2.24, 2.45) is 5.92 Å². The molecule has 1 aliphatic carbocycles. The predicted molar refractivity (Wildman–Crippen MR) is 131 cm³/mol. The van der Waals surface area contributed by atoms with Gasteiger partial charge in [0, 0.05) is 36.1 Å². The van der Waals surface area contributed by atoms with Gasteiger partial charge in [-0.05, 0) is 66.4 Å². The van der Waals surface area contributed by atoms with Crippen LogP contribution in [0.25, 0.3) is 11.1 Å². The molecule has 0 saturated heterocycles. The van der Waals surface area contributed by atoms with E-state index < -0.39 is 0 Å². The van der Waals surface area contributed by atoms with E-state index in [4.69, 9.17) is 16.6 Å². The molecular formula is C26H25N3O2S. The lowest BCUT2D eigenvalue weighted by atomic mass is 9.96. The van der Waals surface area contributed by atoms with Gasteiger partial charge in [0.05, 0.1) is 5.52 Å². The van der Waals surface area contributed by atoms with Gasteiger partial charge >= 0.3 is 0 Å². The zero-order chi connectivity index (χ0) is 22.2. The Hall–Kier alpha value is -3.38. The third-order valence-electron chi connectivity index (χ3n) is 6.46. The number of benzene rings is 3. The maximum Gasteiger partial charge on any atom is 0.266 e. The van der Waals surface area contributed by atoms with Gasteiger partial charge in [0.25, 0.3) is 10.7 Å². The molecule has 3 unspecified atom stereocenters. The normalized spacial score (nSPS) is 18.3. The van der Waals surface area contributed by atoms with Crippen LogP contribution in [0.5, 0.6) is 0 Å². The smallest absolute Gasteiger partial charge is 0.266 e. The van der Waals surface area contributed by atoms with Crippen LogP contribution in [-0.2, 0) is 0 Å². The van der Waals surface area contributed by atoms with Gasteiger partial charge in [-0.3, -0.25) is 4.79 Å². The van der Waals surface area contributed by atoms with Gasteiger partial charge in [0.15, 0.2) is 5.58 Å². The third-order valence-corrected chi connectivity index (χ3v) is 6.65. The highest BCUT2D eigenvalue weighted by Gasteiger charge is 2.44. The molecule has 0 bridgehead atoms. The molecule has 1 saturated carbocycles. The summed E-state index contributed by atoms with van der Waals surface area (Å²) in [6.07, 6.45) is 1.16. The van der Waals surface area contributed by atoms with Crippen molar-refractivity contribution in [3.8, 4) is 0 Å². The summed E-state index contributed by atoms with van der Waals surface area (Å²) in [7, 11) is 2.12. The topological polar surface area (TPSA) is 61.3 Å². The lowest BCUT2D eigenvalue weighted by Gasteiger charge is -2.22. The highest BCUT2D eigenvalue weighted by atomic mass is 32.1. The fraction of sp³-hybridized carbons (Fsp3) is 0.231. The van der Waals surface area contributed by atoms with Crippen LogP contribution in [-0.4, -0.2) is 24.0 Å². The molecule has 1 aliphatic rings. The number of H-pyrrole nitrogens is 1. The Bertz CT molecular complexity index is 1330. The monoisotopic (exact) mass is 443 g/mol. The van der Waals surface area contributed by atoms with Gasteiger partial charge in [-0.2, -0.15) is 0 Å². The number of aromatic amines is 1. The number of hydrogen-bond acceptors (Lipinski definition) is 4. The molecule has 32 heavy (non-hydrogen) atoms. The van der Waals surface area contributed by atoms with E-state index in [0.717, 1.165) is 17.6 Å². The molecule has 1 amide bonds. The largest absolute Gasteiger partial charge is 0.429 e. The van der Waals surface area contributed by atoms with E-state index in [1.165, 1.54) is 5.56 Å². The first-order valence-corrected chi connectivity index (χ1v) is 11.2. The molecule has 1 fully saturated rings. The van der Waals surface area contributed by atoms with Crippen molar-refractivity contribution < 1.29 is 9.21 Å². The van der Waals surface area contributed by atoms with Gasteiger partial charge in [0.1, 0.15) is 0 Å². The Balaban J connectivity index is 1.28. The fourth-order valence-electron chi connectivity index (χ4n) is 4.47. The van der Waals surface area contributed by atoms with Gasteiger partial charge in [-0.15, -0.1) is 0 Å². The molecule has 1 heterocycles. The first-order chi connectivity index (χ1) is 15.5. The van der Waals surface area contributed by atoms with E-state index >= 15 is 0 Å². The van der Waals surface area contributed by atoms with Crippen LogP contribution in [0, 0.1) is 10.8 Å². The molecular weight excluding hydrogens is 418 g/mol. The summed E-state index contributed by atoms with van der Waals surface area (Å²) in [6, 6.07) is 24.4. The van der Waals surface area contributed by atoms with Crippen LogP contribution in [0.15, 0.2) is 77.2 Å². The van der Waals surface area contributed by atoms with Crippen molar-refractivity contribution in [3.05, 3.63) is 88.8 Å². The van der Waals surface area contributed by atoms with Gasteiger partial charge in [-0.25, -0.2) is 0 Å². The maximum atomic E-state index is 12.9. The zero-order valence-corrected chi connectivity index (χ0v) is 18.9. The number of nitrogens with zero attached hydrogens (tertiary/aromatic N) is 1. The van der Waals surface area contributed by atoms with Crippen molar-refractivity contribution in [2.75, 3.05) is 17.3 Å². The van der Waals surface area contributed by atoms with Crippen LogP contribution >= 0.6 is 12.2 Å². The molecule has 1 aromatic heterocycles. The Morgan fingerprint density at radius 3 is 2.75 bits per heavy atom. The van der Waals surface area contributed by atoms with E-state index in [1.807, 2.05) is 30.3 Å². The number of amides is 1. The van der Waals surface area contributed by atoms with E-state index in [-0.39, 0.29) is 5.91 Å². The summed E-state index contributed by atoms with van der Waals surface area (Å²) in [5.74, 6) is 0.976. The average molecular weight is 444 g/mol. The number of nitrogens with one attached hydrogen (secondary N) is 2. The number of fused-ring (bicyclic) bond motifs is 1. The molecule has 6 heteroatoms. The zero-order valence-electron chi connectivity index (χ0n) is 18.0. The van der Waals surface area contributed by atoms with Gasteiger partial charge in [-0.1, -0.05) is 43.3 Å². The minimum Gasteiger partial charge on any atom is -0.429 e. The minimum atomic E-state index is -0.154. The van der Waals surface area contributed by atoms with Crippen molar-refractivity contribution in [1.82, 2.24) is 4.98 Å². The molecule has 3 aromatic carbocycles. The van der Waals surface area contributed by atoms with Crippen LogP contribution in [0.4, 0.5) is 11.4 Å². The molecule has 5 nitrogen and oxygen atoms in total. The second-order valence-electron chi connectivity index (χ2n) is 8.51. The molecule has 0 spiro atoms. The number of oxazole rings is 1. The number of anilines is 2. The first-order valence-electron chi connectivity index (χ1n) is 10.8. The maximum absolute atomic E-state index is 12.9. The lowest BCUT2D eigenvalue weighted by Crippen LogP contribution is -2.23. The Labute approximate surface area is 192 Å². The van der Waals surface area contributed by atoms with Crippen LogP contribution < -0.4 is 10.2 Å². The summed E-state index contributed by atoms with van der Waals surface area (Å²) < 4.78 is 5.44. The van der Waals surface area contributed by atoms with Crippen LogP contribution in [0.1, 0.15) is 35.2 Å². The van der Waals surface area contributed by atoms with Gasteiger partial charge < -0.3 is 19.6 Å². The molecule has 162 valence electrons. The fourth-order valence-corrected chi connectivity index (χ4v) is 4.67. The summed E-state index contributed by atoms with van der Waals surface area (Å²) in [4.78, 5) is 18.5. The summed E-state index contributed by atoms with van der Waals surface area (Å²) in [5.41, 5.74) is 5.15. The number of carbonyl (C=O) groups excluding carboxylic acids is 1. The van der Waals surface area contributed by atoms with Crippen molar-refractivity contribution in [1.29, 1.82) is 0 Å². The second-order valence-corrected chi connectivity index (χ2v) is 8.88. The number of carbonyl (C=O) groups is 1. The highest BCUT2D eigenvalue weighted by Crippen LogP contribution is 2.46. The number of rotatable bonds is 6. The van der Waals surface area contributed by atoms with E-state index in [0.29, 0.717) is 39.5 Å². The van der Waals surface area contributed by atoms with E-state index in [2.05, 4.69) is 65.6 Å². The summed E-state index contributed by atoms with van der Waals surface area (Å²) in [5, 5.41) is 2.95. The Morgan fingerprint density at radius 1 is 1.12 bits per heavy atom. The SMILES string of the molecule is CC(c1ccccc1)C1CC1N(C)c1cccc(C(=O)Nc2ccc3[nH]c(=S)oc3c2)c1. The van der Waals surface area contributed by atoms with E-state index in [1.54, 1.807) is 6.07 Å². The summed E-state index contributed by atoms with van der Waals surface area (Å²) in [6.45, 7) is 2.31.